The summed E-state index contributed by atoms with van der Waals surface area (Å²) in [6, 6.07) is 7.55. The SMILES string of the molecule is CC(C)(C)[S+]([O-])N=Cc1cc(Cl)nc(-c2cccs2)c1. The molecule has 2 aromatic heterocycles. The van der Waals surface area contributed by atoms with Crippen molar-refractivity contribution in [3.8, 4) is 10.6 Å². The van der Waals surface area contributed by atoms with Gasteiger partial charge in [-0.2, -0.15) is 0 Å². The van der Waals surface area contributed by atoms with Gasteiger partial charge in [-0.1, -0.05) is 22.1 Å². The van der Waals surface area contributed by atoms with Crippen molar-refractivity contribution in [3.63, 3.8) is 0 Å². The zero-order valence-electron chi connectivity index (χ0n) is 11.5. The molecule has 0 aromatic carbocycles. The molecule has 20 heavy (non-hydrogen) atoms. The molecule has 0 amide bonds. The second-order valence-corrected chi connectivity index (χ2v) is 8.45. The zero-order valence-corrected chi connectivity index (χ0v) is 13.9. The fourth-order valence-electron chi connectivity index (χ4n) is 1.41. The minimum absolute atomic E-state index is 0.371. The number of thiophene rings is 1. The van der Waals surface area contributed by atoms with Crippen LogP contribution in [-0.2, 0) is 11.4 Å². The van der Waals surface area contributed by atoms with Crippen molar-refractivity contribution in [2.45, 2.75) is 25.5 Å². The Balaban J connectivity index is 2.27. The third-order valence-corrected chi connectivity index (χ3v) is 4.84. The summed E-state index contributed by atoms with van der Waals surface area (Å²) in [7, 11) is 0. The number of hydrogen-bond donors (Lipinski definition) is 0. The molecule has 2 rings (SSSR count). The van der Waals surface area contributed by atoms with Crippen LogP contribution in [0.15, 0.2) is 34.0 Å². The molecule has 0 aliphatic carbocycles. The Morgan fingerprint density at radius 3 is 2.75 bits per heavy atom. The van der Waals surface area contributed by atoms with Crippen LogP contribution in [0, 0.1) is 0 Å². The Morgan fingerprint density at radius 1 is 1.40 bits per heavy atom. The first-order valence-electron chi connectivity index (χ1n) is 6.04. The average molecular weight is 327 g/mol. The van der Waals surface area contributed by atoms with Crippen molar-refractivity contribution in [2.24, 2.45) is 4.40 Å². The molecule has 1 unspecified atom stereocenters. The Morgan fingerprint density at radius 2 is 2.15 bits per heavy atom. The molecule has 2 aromatic rings. The minimum atomic E-state index is -1.28. The maximum atomic E-state index is 11.9. The third kappa shape index (κ3) is 4.06. The number of nitrogens with zero attached hydrogens (tertiary/aromatic N) is 2. The van der Waals surface area contributed by atoms with Gasteiger partial charge in [0.15, 0.2) is 0 Å². The van der Waals surface area contributed by atoms with Crippen LogP contribution in [0.25, 0.3) is 10.6 Å². The van der Waals surface area contributed by atoms with Crippen molar-refractivity contribution in [1.82, 2.24) is 4.98 Å². The van der Waals surface area contributed by atoms with Gasteiger partial charge < -0.3 is 4.55 Å². The molecule has 1 atom stereocenters. The van der Waals surface area contributed by atoms with E-state index in [2.05, 4.69) is 9.38 Å². The van der Waals surface area contributed by atoms with E-state index in [-0.39, 0.29) is 4.75 Å². The molecule has 2 heterocycles. The van der Waals surface area contributed by atoms with Crippen LogP contribution in [0.3, 0.4) is 0 Å². The van der Waals surface area contributed by atoms with Crippen molar-refractivity contribution < 1.29 is 4.55 Å². The summed E-state index contributed by atoms with van der Waals surface area (Å²) >= 11 is 6.35. The lowest BCUT2D eigenvalue weighted by Crippen LogP contribution is -2.25. The monoisotopic (exact) mass is 326 g/mol. The van der Waals surface area contributed by atoms with Crippen LogP contribution in [-0.4, -0.2) is 20.5 Å². The summed E-state index contributed by atoms with van der Waals surface area (Å²) in [5.41, 5.74) is 1.60. The Labute approximate surface area is 131 Å². The highest BCUT2D eigenvalue weighted by molar-refractivity contribution is 7.91. The predicted molar refractivity (Wildman–Crippen MR) is 88.0 cm³/mol. The van der Waals surface area contributed by atoms with Gasteiger partial charge in [-0.15, -0.1) is 11.3 Å². The summed E-state index contributed by atoms with van der Waals surface area (Å²) < 4.78 is 15.6. The first kappa shape index (κ1) is 15.5. The van der Waals surface area contributed by atoms with E-state index in [0.29, 0.717) is 5.15 Å². The fraction of sp³-hybridized carbons (Fsp3) is 0.286. The van der Waals surface area contributed by atoms with Crippen LogP contribution in [0.2, 0.25) is 5.15 Å². The molecule has 0 radical (unpaired) electrons. The van der Waals surface area contributed by atoms with E-state index < -0.39 is 11.4 Å². The Kier molecular flexibility index (Phi) is 4.86. The van der Waals surface area contributed by atoms with Gasteiger partial charge in [0.05, 0.1) is 16.8 Å². The smallest absolute Gasteiger partial charge is 0.144 e. The second kappa shape index (κ2) is 6.26. The zero-order chi connectivity index (χ0) is 14.8. The molecule has 6 heteroatoms. The van der Waals surface area contributed by atoms with E-state index in [1.807, 2.05) is 44.4 Å². The maximum absolute atomic E-state index is 11.9. The van der Waals surface area contributed by atoms with Gasteiger partial charge in [-0.3, -0.25) is 0 Å². The molecule has 0 bridgehead atoms. The lowest BCUT2D eigenvalue weighted by molar-refractivity contribution is 0.562. The molecule has 0 spiro atoms. The van der Waals surface area contributed by atoms with Gasteiger partial charge in [0.25, 0.3) is 0 Å². The fourth-order valence-corrected chi connectivity index (χ4v) is 2.85. The van der Waals surface area contributed by atoms with E-state index >= 15 is 0 Å². The third-order valence-electron chi connectivity index (χ3n) is 2.41. The van der Waals surface area contributed by atoms with Crippen LogP contribution in [0.5, 0.6) is 0 Å². The standard InChI is InChI=1S/C14H15ClN2OS2/c1-14(2,3)20(18)16-9-10-7-11(17-13(15)8-10)12-5-4-6-19-12/h4-9H,1-3H3. The van der Waals surface area contributed by atoms with Gasteiger partial charge >= 0.3 is 0 Å². The quantitative estimate of drug-likeness (QED) is 0.478. The molecule has 0 aliphatic rings. The van der Waals surface area contributed by atoms with Crippen molar-refractivity contribution in [2.75, 3.05) is 0 Å². The topological polar surface area (TPSA) is 48.3 Å². The summed E-state index contributed by atoms with van der Waals surface area (Å²) in [6.45, 7) is 5.66. The molecular weight excluding hydrogens is 312 g/mol. The van der Waals surface area contributed by atoms with Crippen molar-refractivity contribution >= 4 is 40.5 Å². The second-order valence-electron chi connectivity index (χ2n) is 5.18. The molecule has 0 fully saturated rings. The Hall–Kier alpha value is -0.880. The van der Waals surface area contributed by atoms with E-state index in [9.17, 15) is 4.55 Å². The van der Waals surface area contributed by atoms with Crippen molar-refractivity contribution in [1.29, 1.82) is 0 Å². The highest BCUT2D eigenvalue weighted by Gasteiger charge is 2.25. The van der Waals surface area contributed by atoms with Crippen LogP contribution in [0.4, 0.5) is 0 Å². The first-order chi connectivity index (χ1) is 9.36. The molecule has 3 nitrogen and oxygen atoms in total. The highest BCUT2D eigenvalue weighted by Crippen LogP contribution is 2.25. The molecule has 0 saturated heterocycles. The normalized spacial score (nSPS) is 13.8. The van der Waals surface area contributed by atoms with Crippen LogP contribution < -0.4 is 0 Å². The number of halogens is 1. The summed E-state index contributed by atoms with van der Waals surface area (Å²) in [6.07, 6.45) is 1.59. The van der Waals surface area contributed by atoms with E-state index in [1.165, 1.54) is 0 Å². The Bertz CT molecular complexity index is 606. The van der Waals surface area contributed by atoms with E-state index in [0.717, 1.165) is 16.1 Å². The highest BCUT2D eigenvalue weighted by atomic mass is 35.5. The summed E-state index contributed by atoms with van der Waals surface area (Å²) in [5, 5.41) is 2.39. The molecule has 0 saturated carbocycles. The molecule has 0 N–H and O–H groups in total. The van der Waals surface area contributed by atoms with Gasteiger partial charge in [0.2, 0.25) is 0 Å². The lowest BCUT2D eigenvalue weighted by atomic mass is 10.2. The molecule has 106 valence electrons. The number of rotatable bonds is 3. The van der Waals surface area contributed by atoms with Crippen molar-refractivity contribution in [3.05, 3.63) is 40.4 Å². The minimum Gasteiger partial charge on any atom is -0.591 e. The number of pyridine rings is 1. The predicted octanol–water partition coefficient (Wildman–Crippen LogP) is 4.34. The van der Waals surface area contributed by atoms with Gasteiger partial charge in [0, 0.05) is 5.56 Å². The summed E-state index contributed by atoms with van der Waals surface area (Å²) in [4.78, 5) is 5.33. The molecular formula is C14H15ClN2OS2. The first-order valence-corrected chi connectivity index (χ1v) is 8.40. The largest absolute Gasteiger partial charge is 0.591 e. The van der Waals surface area contributed by atoms with Crippen LogP contribution >= 0.6 is 22.9 Å². The van der Waals surface area contributed by atoms with Gasteiger partial charge in [-0.05, 0) is 44.4 Å². The van der Waals surface area contributed by atoms with E-state index in [1.54, 1.807) is 23.6 Å². The summed E-state index contributed by atoms with van der Waals surface area (Å²) in [5.74, 6) is 0. The number of aromatic nitrogens is 1. The lowest BCUT2D eigenvalue weighted by Gasteiger charge is -2.17. The van der Waals surface area contributed by atoms with E-state index in [4.69, 9.17) is 11.6 Å². The van der Waals surface area contributed by atoms with Gasteiger partial charge in [0.1, 0.15) is 21.3 Å². The maximum Gasteiger partial charge on any atom is 0.144 e. The number of hydrogen-bond acceptors (Lipinski definition) is 4. The van der Waals surface area contributed by atoms with Gasteiger partial charge in [-0.25, -0.2) is 4.98 Å². The van der Waals surface area contributed by atoms with Crippen LogP contribution in [0.1, 0.15) is 26.3 Å². The average Bonchev–Trinajstić information content (AvgIpc) is 2.88. The molecule has 0 aliphatic heterocycles.